The summed E-state index contributed by atoms with van der Waals surface area (Å²) in [6.45, 7) is 1.75. The molecule has 28 heavy (non-hydrogen) atoms. The lowest BCUT2D eigenvalue weighted by Gasteiger charge is -2.38. The lowest BCUT2D eigenvalue weighted by molar-refractivity contribution is 0.0237. The molecular weight excluding hydrogens is 354 g/mol. The summed E-state index contributed by atoms with van der Waals surface area (Å²) in [5, 5.41) is 17.0. The van der Waals surface area contributed by atoms with Gasteiger partial charge in [-0.3, -0.25) is 9.78 Å². The first kappa shape index (κ1) is 18.4. The van der Waals surface area contributed by atoms with Crippen molar-refractivity contribution in [1.29, 1.82) is 0 Å². The third-order valence-electron chi connectivity index (χ3n) is 5.33. The van der Waals surface area contributed by atoms with Gasteiger partial charge < -0.3 is 14.9 Å². The fourth-order valence-electron chi connectivity index (χ4n) is 3.71. The number of aromatic nitrogens is 2. The largest absolute Gasteiger partial charge is 0.393 e. The van der Waals surface area contributed by atoms with Crippen molar-refractivity contribution in [2.75, 3.05) is 0 Å². The second-order valence-electron chi connectivity index (χ2n) is 7.32. The Labute approximate surface area is 163 Å². The zero-order chi connectivity index (χ0) is 19.5. The van der Waals surface area contributed by atoms with Crippen LogP contribution in [0.3, 0.4) is 0 Å². The Morgan fingerprint density at radius 2 is 1.96 bits per heavy atom. The SMILES string of the molecule is Cc1onc(-c2ccccc2)c1C(=O)N[C@@H](Cc1ccccn1)C1CC(O)C1. The summed E-state index contributed by atoms with van der Waals surface area (Å²) in [6.07, 6.45) is 3.46. The molecule has 1 aliphatic carbocycles. The molecule has 1 aliphatic rings. The first-order chi connectivity index (χ1) is 13.6. The molecule has 0 spiro atoms. The fourth-order valence-corrected chi connectivity index (χ4v) is 3.71. The topological polar surface area (TPSA) is 88.3 Å². The third kappa shape index (κ3) is 3.82. The number of aliphatic hydroxyl groups excluding tert-OH is 1. The van der Waals surface area contributed by atoms with Crippen LogP contribution in [0.4, 0.5) is 0 Å². The number of pyridine rings is 1. The standard InChI is InChI=1S/C22H23N3O3/c1-14-20(21(25-28-14)15-7-3-2-4-8-15)22(27)24-19(16-11-18(26)12-16)13-17-9-5-6-10-23-17/h2-10,16,18-19,26H,11-13H2,1H3,(H,24,27)/t16?,18?,19-/m0/s1. The molecule has 0 aliphatic heterocycles. The predicted molar refractivity (Wildman–Crippen MR) is 105 cm³/mol. The van der Waals surface area contributed by atoms with Crippen LogP contribution in [-0.2, 0) is 6.42 Å². The number of benzene rings is 1. The van der Waals surface area contributed by atoms with Gasteiger partial charge in [0.2, 0.25) is 0 Å². The number of hydrogen-bond acceptors (Lipinski definition) is 5. The molecule has 1 amide bonds. The van der Waals surface area contributed by atoms with Gasteiger partial charge in [0.1, 0.15) is 17.0 Å². The smallest absolute Gasteiger partial charge is 0.257 e. The summed E-state index contributed by atoms with van der Waals surface area (Å²) < 4.78 is 5.33. The molecular formula is C22H23N3O3. The molecule has 1 atom stereocenters. The minimum absolute atomic E-state index is 0.108. The van der Waals surface area contributed by atoms with Gasteiger partial charge >= 0.3 is 0 Å². The van der Waals surface area contributed by atoms with Gasteiger partial charge in [0.05, 0.1) is 6.10 Å². The van der Waals surface area contributed by atoms with Crippen molar-refractivity contribution < 1.29 is 14.4 Å². The molecule has 2 aromatic heterocycles. The molecule has 144 valence electrons. The molecule has 1 fully saturated rings. The van der Waals surface area contributed by atoms with Crippen molar-refractivity contribution in [3.8, 4) is 11.3 Å². The highest BCUT2D eigenvalue weighted by Gasteiger charge is 2.36. The van der Waals surface area contributed by atoms with Crippen LogP contribution in [0.15, 0.2) is 59.3 Å². The highest BCUT2D eigenvalue weighted by atomic mass is 16.5. The van der Waals surface area contributed by atoms with Crippen LogP contribution in [0.25, 0.3) is 11.3 Å². The number of carbonyl (C=O) groups is 1. The molecule has 0 radical (unpaired) electrons. The van der Waals surface area contributed by atoms with E-state index in [1.807, 2.05) is 48.5 Å². The van der Waals surface area contributed by atoms with Crippen LogP contribution in [0, 0.1) is 12.8 Å². The third-order valence-corrected chi connectivity index (χ3v) is 5.33. The minimum atomic E-state index is -0.287. The van der Waals surface area contributed by atoms with Gasteiger partial charge in [0.25, 0.3) is 5.91 Å². The first-order valence-electron chi connectivity index (χ1n) is 9.52. The Morgan fingerprint density at radius 3 is 2.64 bits per heavy atom. The zero-order valence-corrected chi connectivity index (χ0v) is 15.7. The van der Waals surface area contributed by atoms with Crippen LogP contribution < -0.4 is 5.32 Å². The van der Waals surface area contributed by atoms with E-state index in [1.165, 1.54) is 0 Å². The molecule has 6 heteroatoms. The Hall–Kier alpha value is -2.99. The van der Waals surface area contributed by atoms with Gasteiger partial charge in [-0.2, -0.15) is 0 Å². The van der Waals surface area contributed by atoms with Gasteiger partial charge in [0, 0.05) is 29.9 Å². The van der Waals surface area contributed by atoms with Crippen LogP contribution in [-0.4, -0.2) is 33.3 Å². The van der Waals surface area contributed by atoms with Crippen LogP contribution >= 0.6 is 0 Å². The lowest BCUT2D eigenvalue weighted by Crippen LogP contribution is -2.48. The van der Waals surface area contributed by atoms with Crippen LogP contribution in [0.5, 0.6) is 0 Å². The van der Waals surface area contributed by atoms with Gasteiger partial charge in [0.15, 0.2) is 0 Å². The maximum Gasteiger partial charge on any atom is 0.257 e. The van der Waals surface area contributed by atoms with E-state index in [0.717, 1.165) is 11.3 Å². The summed E-state index contributed by atoms with van der Waals surface area (Å²) >= 11 is 0. The number of carbonyl (C=O) groups excluding carboxylic acids is 1. The number of nitrogens with zero attached hydrogens (tertiary/aromatic N) is 2. The van der Waals surface area contributed by atoms with Crippen molar-refractivity contribution in [3.05, 3.63) is 71.7 Å². The van der Waals surface area contributed by atoms with Crippen molar-refractivity contribution in [2.24, 2.45) is 5.92 Å². The van der Waals surface area contributed by atoms with Crippen LogP contribution in [0.2, 0.25) is 0 Å². The molecule has 2 N–H and O–H groups in total. The monoisotopic (exact) mass is 377 g/mol. The number of rotatable bonds is 6. The van der Waals surface area contributed by atoms with Crippen molar-refractivity contribution in [1.82, 2.24) is 15.5 Å². The Bertz CT molecular complexity index is 934. The second kappa shape index (κ2) is 7.94. The molecule has 4 rings (SSSR count). The molecule has 2 heterocycles. The first-order valence-corrected chi connectivity index (χ1v) is 9.52. The Balaban J connectivity index is 1.57. The van der Waals surface area contributed by atoms with Gasteiger partial charge in [-0.05, 0) is 37.8 Å². The van der Waals surface area contributed by atoms with E-state index in [0.29, 0.717) is 36.3 Å². The van der Waals surface area contributed by atoms with E-state index >= 15 is 0 Å². The Morgan fingerprint density at radius 1 is 1.21 bits per heavy atom. The molecule has 0 unspecified atom stereocenters. The summed E-state index contributed by atoms with van der Waals surface area (Å²) in [4.78, 5) is 17.5. The zero-order valence-electron chi connectivity index (χ0n) is 15.7. The molecule has 6 nitrogen and oxygen atoms in total. The van der Waals surface area contributed by atoms with E-state index in [-0.39, 0.29) is 24.0 Å². The molecule has 0 bridgehead atoms. The summed E-state index contributed by atoms with van der Waals surface area (Å²) in [7, 11) is 0. The maximum atomic E-state index is 13.2. The minimum Gasteiger partial charge on any atom is -0.393 e. The quantitative estimate of drug-likeness (QED) is 0.689. The van der Waals surface area contributed by atoms with Crippen molar-refractivity contribution in [2.45, 2.75) is 38.3 Å². The van der Waals surface area contributed by atoms with Gasteiger partial charge in [-0.15, -0.1) is 0 Å². The number of aryl methyl sites for hydroxylation is 1. The molecule has 1 saturated carbocycles. The average Bonchev–Trinajstić information content (AvgIpc) is 3.08. The van der Waals surface area contributed by atoms with Crippen molar-refractivity contribution in [3.63, 3.8) is 0 Å². The summed E-state index contributed by atoms with van der Waals surface area (Å²) in [6, 6.07) is 15.2. The number of hydrogen-bond donors (Lipinski definition) is 2. The fraction of sp³-hybridized carbons (Fsp3) is 0.318. The normalized spacial score (nSPS) is 19.6. The van der Waals surface area contributed by atoms with E-state index in [1.54, 1.807) is 13.1 Å². The molecule has 0 saturated heterocycles. The summed E-state index contributed by atoms with van der Waals surface area (Å²) in [5.41, 5.74) is 2.75. The lowest BCUT2D eigenvalue weighted by atomic mass is 9.75. The Kier molecular flexibility index (Phi) is 5.21. The number of nitrogens with one attached hydrogen (secondary N) is 1. The highest BCUT2D eigenvalue weighted by molar-refractivity contribution is 6.00. The van der Waals surface area contributed by atoms with E-state index in [2.05, 4.69) is 15.5 Å². The van der Waals surface area contributed by atoms with Gasteiger partial charge in [-0.25, -0.2) is 0 Å². The number of aliphatic hydroxyl groups is 1. The van der Waals surface area contributed by atoms with Crippen molar-refractivity contribution >= 4 is 5.91 Å². The van der Waals surface area contributed by atoms with E-state index in [4.69, 9.17) is 4.52 Å². The van der Waals surface area contributed by atoms with E-state index in [9.17, 15) is 9.90 Å². The average molecular weight is 377 g/mol. The predicted octanol–water partition coefficient (Wildman–Crippen LogP) is 3.16. The molecule has 3 aromatic rings. The summed E-state index contributed by atoms with van der Waals surface area (Å²) in [5.74, 6) is 0.503. The highest BCUT2D eigenvalue weighted by Crippen LogP contribution is 2.32. The maximum absolute atomic E-state index is 13.2. The van der Waals surface area contributed by atoms with Crippen LogP contribution in [0.1, 0.15) is 34.7 Å². The van der Waals surface area contributed by atoms with Gasteiger partial charge in [-0.1, -0.05) is 41.6 Å². The van der Waals surface area contributed by atoms with E-state index < -0.39 is 0 Å². The molecule has 1 aromatic carbocycles. The number of amides is 1. The second-order valence-corrected chi connectivity index (χ2v) is 7.32.